The summed E-state index contributed by atoms with van der Waals surface area (Å²) in [7, 11) is 0. The van der Waals surface area contributed by atoms with Crippen molar-refractivity contribution in [3.05, 3.63) is 88.7 Å². The van der Waals surface area contributed by atoms with Gasteiger partial charge >= 0.3 is 0 Å². The monoisotopic (exact) mass is 440 g/mol. The quantitative estimate of drug-likeness (QED) is 0.559. The maximum Gasteiger partial charge on any atom is 0.246 e. The van der Waals surface area contributed by atoms with Gasteiger partial charge < -0.3 is 14.8 Å². The maximum absolute atomic E-state index is 13.2. The van der Waals surface area contributed by atoms with Crippen LogP contribution in [0.3, 0.4) is 0 Å². The Labute approximate surface area is 185 Å². The number of hydrogen-bond acceptors (Lipinski definition) is 4. The van der Waals surface area contributed by atoms with Gasteiger partial charge in [-0.2, -0.15) is 0 Å². The third-order valence-electron chi connectivity index (χ3n) is 4.88. The van der Waals surface area contributed by atoms with Gasteiger partial charge in [0.1, 0.15) is 11.9 Å². The fourth-order valence-corrected chi connectivity index (χ4v) is 3.65. The first-order valence-electron chi connectivity index (χ1n) is 10.0. The van der Waals surface area contributed by atoms with E-state index in [9.17, 15) is 9.18 Å². The van der Waals surface area contributed by atoms with Crippen LogP contribution < -0.4 is 20.1 Å². The fraction of sp³-hybridized carbons (Fsp3) is 0.208. The van der Waals surface area contributed by atoms with Gasteiger partial charge in [-0.1, -0.05) is 41.9 Å². The molecule has 1 aliphatic rings. The van der Waals surface area contributed by atoms with Crippen molar-refractivity contribution < 1.29 is 18.7 Å². The Balaban J connectivity index is 1.53. The molecule has 0 saturated carbocycles. The first-order valence-corrected chi connectivity index (χ1v) is 10.4. The largest absolute Gasteiger partial charge is 0.489 e. The molecule has 1 aliphatic heterocycles. The van der Waals surface area contributed by atoms with Crippen LogP contribution in [0, 0.1) is 5.82 Å². The van der Waals surface area contributed by atoms with Crippen LogP contribution in [0.15, 0.2) is 66.7 Å². The number of halogens is 2. The number of anilines is 1. The molecule has 0 fully saturated rings. The highest BCUT2D eigenvalue weighted by Crippen LogP contribution is 2.38. The summed E-state index contributed by atoms with van der Waals surface area (Å²) in [5.41, 5.74) is 2.19. The van der Waals surface area contributed by atoms with Gasteiger partial charge in [0.15, 0.2) is 11.5 Å². The molecule has 1 atom stereocenters. The minimum Gasteiger partial charge on any atom is -0.489 e. The van der Waals surface area contributed by atoms with Crippen molar-refractivity contribution in [3.63, 3.8) is 0 Å². The molecule has 31 heavy (non-hydrogen) atoms. The van der Waals surface area contributed by atoms with Crippen LogP contribution in [-0.2, 0) is 11.3 Å². The molecule has 2 N–H and O–H groups in total. The Kier molecular flexibility index (Phi) is 6.70. The zero-order valence-corrected chi connectivity index (χ0v) is 17.5. The molecule has 0 aromatic heterocycles. The number of ether oxygens (including phenoxy) is 2. The van der Waals surface area contributed by atoms with E-state index in [4.69, 9.17) is 21.1 Å². The number of carbonyl (C=O) groups excluding carboxylic acids is 1. The first-order chi connectivity index (χ1) is 15.1. The van der Waals surface area contributed by atoms with E-state index in [0.717, 1.165) is 17.5 Å². The molecule has 4 rings (SSSR count). The molecular weight excluding hydrogens is 419 g/mol. The van der Waals surface area contributed by atoms with Crippen LogP contribution in [-0.4, -0.2) is 19.1 Å². The van der Waals surface area contributed by atoms with Crippen molar-refractivity contribution in [1.82, 2.24) is 5.32 Å². The molecule has 1 unspecified atom stereocenters. The van der Waals surface area contributed by atoms with E-state index in [1.165, 1.54) is 24.3 Å². The summed E-state index contributed by atoms with van der Waals surface area (Å²) in [4.78, 5) is 13.0. The summed E-state index contributed by atoms with van der Waals surface area (Å²) in [5.74, 6) is 0.547. The third kappa shape index (κ3) is 5.34. The zero-order chi connectivity index (χ0) is 21.6. The first kappa shape index (κ1) is 21.2. The Bertz CT molecular complexity index is 1040. The molecule has 7 heteroatoms. The van der Waals surface area contributed by atoms with Crippen molar-refractivity contribution in [2.24, 2.45) is 0 Å². The van der Waals surface area contributed by atoms with Gasteiger partial charge in [-0.15, -0.1) is 0 Å². The average Bonchev–Trinajstić information content (AvgIpc) is 3.02. The highest BCUT2D eigenvalue weighted by atomic mass is 35.5. The van der Waals surface area contributed by atoms with Gasteiger partial charge in [-0.05, 0) is 47.5 Å². The molecule has 0 spiro atoms. The predicted octanol–water partition coefficient (Wildman–Crippen LogP) is 5.11. The van der Waals surface area contributed by atoms with E-state index in [2.05, 4.69) is 10.6 Å². The van der Waals surface area contributed by atoms with Gasteiger partial charge in [-0.25, -0.2) is 4.39 Å². The van der Waals surface area contributed by atoms with E-state index in [-0.39, 0.29) is 11.7 Å². The molecule has 5 nitrogen and oxygen atoms in total. The van der Waals surface area contributed by atoms with Crippen LogP contribution >= 0.6 is 11.6 Å². The van der Waals surface area contributed by atoms with Crippen LogP contribution in [0.2, 0.25) is 5.02 Å². The van der Waals surface area contributed by atoms with E-state index in [0.29, 0.717) is 42.0 Å². The van der Waals surface area contributed by atoms with Crippen molar-refractivity contribution in [2.75, 3.05) is 18.5 Å². The van der Waals surface area contributed by atoms with Gasteiger partial charge in [0.05, 0.1) is 18.2 Å². The lowest BCUT2D eigenvalue weighted by Crippen LogP contribution is -2.32. The highest BCUT2D eigenvalue weighted by Gasteiger charge is 2.21. The van der Waals surface area contributed by atoms with E-state index >= 15 is 0 Å². The molecule has 0 radical (unpaired) electrons. The highest BCUT2D eigenvalue weighted by molar-refractivity contribution is 6.32. The molecule has 3 aromatic carbocycles. The van der Waals surface area contributed by atoms with Gasteiger partial charge in [0.25, 0.3) is 0 Å². The van der Waals surface area contributed by atoms with Crippen molar-refractivity contribution in [2.45, 2.75) is 19.0 Å². The van der Waals surface area contributed by atoms with Crippen molar-refractivity contribution in [3.8, 4) is 11.5 Å². The molecule has 1 amide bonds. The van der Waals surface area contributed by atoms with Crippen LogP contribution in [0.4, 0.5) is 10.1 Å². The average molecular weight is 441 g/mol. The van der Waals surface area contributed by atoms with Crippen molar-refractivity contribution >= 4 is 23.2 Å². The Morgan fingerprint density at radius 2 is 1.77 bits per heavy atom. The number of rotatable bonds is 6. The van der Waals surface area contributed by atoms with Crippen LogP contribution in [0.25, 0.3) is 0 Å². The van der Waals surface area contributed by atoms with E-state index in [1.807, 2.05) is 42.5 Å². The summed E-state index contributed by atoms with van der Waals surface area (Å²) >= 11 is 6.39. The summed E-state index contributed by atoms with van der Waals surface area (Å²) < 4.78 is 24.6. The number of fused-ring (bicyclic) bond motifs is 1. The van der Waals surface area contributed by atoms with Gasteiger partial charge in [-0.3, -0.25) is 10.1 Å². The minimum atomic E-state index is -0.624. The fourth-order valence-electron chi connectivity index (χ4n) is 3.36. The lowest BCUT2D eigenvalue weighted by Gasteiger charge is -2.20. The van der Waals surface area contributed by atoms with Gasteiger partial charge in [0.2, 0.25) is 5.91 Å². The number of carbonyl (C=O) groups is 1. The molecule has 0 saturated heterocycles. The lowest BCUT2D eigenvalue weighted by molar-refractivity contribution is -0.118. The van der Waals surface area contributed by atoms with Crippen LogP contribution in [0.5, 0.6) is 11.5 Å². The number of amides is 1. The molecular formula is C24H22ClFN2O3. The number of benzene rings is 3. The zero-order valence-electron chi connectivity index (χ0n) is 16.7. The standard InChI is InChI=1S/C24H22ClFN2O3/c25-20-13-16(14-21-23(20)31-12-4-11-30-21)15-27-22(17-5-2-1-3-6-17)24(29)28-19-9-7-18(26)8-10-19/h1-3,5-10,13-14,22,27H,4,11-12,15H2,(H,28,29). The predicted molar refractivity (Wildman–Crippen MR) is 118 cm³/mol. The molecule has 0 bridgehead atoms. The van der Waals surface area contributed by atoms with Crippen molar-refractivity contribution in [1.29, 1.82) is 0 Å². The Morgan fingerprint density at radius 3 is 2.55 bits per heavy atom. The number of hydrogen-bond donors (Lipinski definition) is 2. The second-order valence-corrected chi connectivity index (χ2v) is 7.58. The smallest absolute Gasteiger partial charge is 0.246 e. The molecule has 0 aliphatic carbocycles. The topological polar surface area (TPSA) is 59.6 Å². The lowest BCUT2D eigenvalue weighted by atomic mass is 10.1. The third-order valence-corrected chi connectivity index (χ3v) is 5.16. The summed E-state index contributed by atoms with van der Waals surface area (Å²) in [6.45, 7) is 1.50. The van der Waals surface area contributed by atoms with E-state index < -0.39 is 6.04 Å². The minimum absolute atomic E-state index is 0.252. The second kappa shape index (κ2) is 9.81. The normalized spacial score (nSPS) is 13.9. The SMILES string of the molecule is O=C(Nc1ccc(F)cc1)C(NCc1cc(Cl)c2c(c1)OCCCO2)c1ccccc1. The Morgan fingerprint density at radius 1 is 1.03 bits per heavy atom. The maximum atomic E-state index is 13.2. The summed E-state index contributed by atoms with van der Waals surface area (Å²) in [6.07, 6.45) is 0.790. The molecule has 160 valence electrons. The van der Waals surface area contributed by atoms with Crippen LogP contribution in [0.1, 0.15) is 23.6 Å². The van der Waals surface area contributed by atoms with E-state index in [1.54, 1.807) is 0 Å². The van der Waals surface area contributed by atoms with Gasteiger partial charge in [0, 0.05) is 18.7 Å². The second-order valence-electron chi connectivity index (χ2n) is 7.18. The molecule has 1 heterocycles. The Hall–Kier alpha value is -3.09. The molecule has 3 aromatic rings. The summed E-state index contributed by atoms with van der Waals surface area (Å²) in [6, 6.07) is 18.1. The summed E-state index contributed by atoms with van der Waals surface area (Å²) in [5, 5.41) is 6.60. The number of nitrogens with one attached hydrogen (secondary N) is 2.